The molecule has 20 heavy (non-hydrogen) atoms. The van der Waals surface area contributed by atoms with E-state index in [4.69, 9.17) is 0 Å². The second-order valence-corrected chi connectivity index (χ2v) is 5.21. The molecule has 0 bridgehead atoms. The minimum atomic E-state index is 0.503. The van der Waals surface area contributed by atoms with Crippen molar-refractivity contribution < 1.29 is 0 Å². The van der Waals surface area contributed by atoms with Crippen molar-refractivity contribution in [2.45, 2.75) is 38.5 Å². The Morgan fingerprint density at radius 1 is 0.750 bits per heavy atom. The van der Waals surface area contributed by atoms with Crippen molar-refractivity contribution in [2.24, 2.45) is 0 Å². The molecule has 0 radical (unpaired) electrons. The van der Waals surface area contributed by atoms with Gasteiger partial charge in [-0.25, -0.2) is 0 Å². The highest BCUT2D eigenvalue weighted by Gasteiger charge is 2.12. The molecule has 2 rings (SSSR count). The maximum Gasteiger partial charge on any atom is 0.00922 e. The minimum Gasteiger partial charge on any atom is -0.0885 e. The lowest BCUT2D eigenvalue weighted by Crippen LogP contribution is -2.00. The van der Waals surface area contributed by atoms with Crippen LogP contribution in [0.4, 0.5) is 0 Å². The Morgan fingerprint density at radius 2 is 1.25 bits per heavy atom. The fourth-order valence-electron chi connectivity index (χ4n) is 2.56. The van der Waals surface area contributed by atoms with E-state index in [1.54, 1.807) is 0 Å². The summed E-state index contributed by atoms with van der Waals surface area (Å²) in [5.41, 5.74) is 2.84. The molecule has 0 aliphatic carbocycles. The molecule has 0 heteroatoms. The minimum absolute atomic E-state index is 0.503. The highest BCUT2D eigenvalue weighted by Crippen LogP contribution is 2.29. The van der Waals surface area contributed by atoms with Crippen LogP contribution in [0.15, 0.2) is 72.8 Å². The van der Waals surface area contributed by atoms with E-state index in [1.165, 1.54) is 30.4 Å². The van der Waals surface area contributed by atoms with E-state index in [1.807, 2.05) is 0 Å². The molecule has 0 spiro atoms. The van der Waals surface area contributed by atoms with Gasteiger partial charge in [0.2, 0.25) is 0 Å². The summed E-state index contributed by atoms with van der Waals surface area (Å²) in [4.78, 5) is 0. The molecule has 0 fully saturated rings. The Bertz CT molecular complexity index is 457. The highest BCUT2D eigenvalue weighted by atomic mass is 14.2. The summed E-state index contributed by atoms with van der Waals surface area (Å²) in [6.07, 6.45) is 9.40. The normalized spacial score (nSPS) is 11.3. The van der Waals surface area contributed by atoms with E-state index in [-0.39, 0.29) is 0 Å². The summed E-state index contributed by atoms with van der Waals surface area (Å²) >= 11 is 0. The maximum absolute atomic E-state index is 2.34. The Balaban J connectivity index is 2.09. The van der Waals surface area contributed by atoms with E-state index >= 15 is 0 Å². The van der Waals surface area contributed by atoms with Crippen LogP contribution in [-0.4, -0.2) is 0 Å². The van der Waals surface area contributed by atoms with Crippen LogP contribution in [0.25, 0.3) is 0 Å². The first kappa shape index (κ1) is 14.6. The van der Waals surface area contributed by atoms with Crippen LogP contribution in [0.3, 0.4) is 0 Å². The third kappa shape index (κ3) is 4.38. The van der Waals surface area contributed by atoms with Crippen LogP contribution < -0.4 is 0 Å². The van der Waals surface area contributed by atoms with Crippen molar-refractivity contribution in [2.75, 3.05) is 0 Å². The largest absolute Gasteiger partial charge is 0.0885 e. The standard InChI is InChI=1S/C20H24/c1-2-3-4-5-12-17-20(18-13-8-6-9-14-18)19-15-10-7-11-16-19/h4-11,13-16,20H,2-3,12,17H2,1H3/b5-4-. The number of rotatable bonds is 7. The first-order valence-electron chi connectivity index (χ1n) is 7.66. The molecular formula is C20H24. The molecular weight excluding hydrogens is 240 g/mol. The van der Waals surface area contributed by atoms with Crippen LogP contribution in [0.5, 0.6) is 0 Å². The Kier molecular flexibility index (Phi) is 6.10. The Morgan fingerprint density at radius 3 is 1.75 bits per heavy atom. The number of allylic oxidation sites excluding steroid dienone is 2. The quantitative estimate of drug-likeness (QED) is 0.542. The van der Waals surface area contributed by atoms with Gasteiger partial charge in [0.1, 0.15) is 0 Å². The molecule has 0 aromatic heterocycles. The zero-order valence-electron chi connectivity index (χ0n) is 12.3. The zero-order valence-corrected chi connectivity index (χ0v) is 12.3. The van der Waals surface area contributed by atoms with Crippen molar-refractivity contribution in [3.8, 4) is 0 Å². The lowest BCUT2D eigenvalue weighted by atomic mass is 9.87. The molecule has 0 heterocycles. The topological polar surface area (TPSA) is 0 Å². The van der Waals surface area contributed by atoms with Gasteiger partial charge in [0.05, 0.1) is 0 Å². The molecule has 0 saturated carbocycles. The molecule has 2 aromatic rings. The van der Waals surface area contributed by atoms with Crippen LogP contribution in [0, 0.1) is 0 Å². The van der Waals surface area contributed by atoms with E-state index < -0.39 is 0 Å². The van der Waals surface area contributed by atoms with Crippen molar-refractivity contribution in [3.63, 3.8) is 0 Å². The Hall–Kier alpha value is -1.82. The number of unbranched alkanes of at least 4 members (excludes halogenated alkanes) is 1. The van der Waals surface area contributed by atoms with Crippen LogP contribution in [0.2, 0.25) is 0 Å². The second-order valence-electron chi connectivity index (χ2n) is 5.21. The van der Waals surface area contributed by atoms with Gasteiger partial charge < -0.3 is 0 Å². The smallest absolute Gasteiger partial charge is 0.00922 e. The lowest BCUT2D eigenvalue weighted by Gasteiger charge is -2.17. The van der Waals surface area contributed by atoms with E-state index in [0.717, 1.165) is 6.42 Å². The molecule has 104 valence electrons. The molecule has 0 saturated heterocycles. The predicted molar refractivity (Wildman–Crippen MR) is 88.0 cm³/mol. The van der Waals surface area contributed by atoms with Gasteiger partial charge in [-0.05, 0) is 30.4 Å². The van der Waals surface area contributed by atoms with Crippen LogP contribution in [-0.2, 0) is 0 Å². The number of hydrogen-bond donors (Lipinski definition) is 0. The summed E-state index contributed by atoms with van der Waals surface area (Å²) in [7, 11) is 0. The monoisotopic (exact) mass is 264 g/mol. The van der Waals surface area contributed by atoms with Gasteiger partial charge in [0.15, 0.2) is 0 Å². The van der Waals surface area contributed by atoms with Crippen molar-refractivity contribution >= 4 is 0 Å². The van der Waals surface area contributed by atoms with Gasteiger partial charge in [-0.3, -0.25) is 0 Å². The summed E-state index contributed by atoms with van der Waals surface area (Å²) < 4.78 is 0. The van der Waals surface area contributed by atoms with Gasteiger partial charge in [-0.15, -0.1) is 0 Å². The molecule has 0 unspecified atom stereocenters. The van der Waals surface area contributed by atoms with E-state index in [9.17, 15) is 0 Å². The van der Waals surface area contributed by atoms with Crippen molar-refractivity contribution in [1.29, 1.82) is 0 Å². The molecule has 2 aromatic carbocycles. The summed E-state index contributed by atoms with van der Waals surface area (Å²) in [6.45, 7) is 2.22. The maximum atomic E-state index is 2.34. The molecule has 0 nitrogen and oxygen atoms in total. The van der Waals surface area contributed by atoms with Crippen molar-refractivity contribution in [3.05, 3.63) is 83.9 Å². The molecule has 0 N–H and O–H groups in total. The average Bonchev–Trinajstić information content (AvgIpc) is 2.53. The van der Waals surface area contributed by atoms with E-state index in [0.29, 0.717) is 5.92 Å². The first-order chi connectivity index (χ1) is 9.92. The van der Waals surface area contributed by atoms with Crippen molar-refractivity contribution in [1.82, 2.24) is 0 Å². The average molecular weight is 264 g/mol. The molecule has 0 aliphatic heterocycles. The van der Waals surface area contributed by atoms with Gasteiger partial charge in [-0.1, -0.05) is 86.2 Å². The molecule has 0 atom stereocenters. The van der Waals surface area contributed by atoms with Gasteiger partial charge in [0.25, 0.3) is 0 Å². The van der Waals surface area contributed by atoms with Crippen LogP contribution in [0.1, 0.15) is 49.7 Å². The fraction of sp³-hybridized carbons (Fsp3) is 0.300. The van der Waals surface area contributed by atoms with Crippen LogP contribution >= 0.6 is 0 Å². The van der Waals surface area contributed by atoms with Gasteiger partial charge >= 0.3 is 0 Å². The number of benzene rings is 2. The fourth-order valence-corrected chi connectivity index (χ4v) is 2.56. The molecule has 0 amide bonds. The summed E-state index contributed by atoms with van der Waals surface area (Å²) in [6, 6.07) is 21.7. The highest BCUT2D eigenvalue weighted by molar-refractivity contribution is 5.32. The Labute approximate surface area is 123 Å². The molecule has 0 aliphatic rings. The third-order valence-electron chi connectivity index (χ3n) is 3.65. The number of hydrogen-bond acceptors (Lipinski definition) is 0. The third-order valence-corrected chi connectivity index (χ3v) is 3.65. The second kappa shape index (κ2) is 8.37. The lowest BCUT2D eigenvalue weighted by molar-refractivity contribution is 0.726. The van der Waals surface area contributed by atoms with Gasteiger partial charge in [0, 0.05) is 5.92 Å². The predicted octanol–water partition coefficient (Wildman–Crippen LogP) is 5.96. The van der Waals surface area contributed by atoms with Gasteiger partial charge in [-0.2, -0.15) is 0 Å². The first-order valence-corrected chi connectivity index (χ1v) is 7.66. The SMILES string of the molecule is CCC/C=C\CCC(c1ccccc1)c1ccccc1. The zero-order chi connectivity index (χ0) is 14.0. The van der Waals surface area contributed by atoms with E-state index in [2.05, 4.69) is 79.7 Å². The summed E-state index contributed by atoms with van der Waals surface area (Å²) in [5, 5.41) is 0. The summed E-state index contributed by atoms with van der Waals surface area (Å²) in [5.74, 6) is 0.503.